The van der Waals surface area contributed by atoms with E-state index in [1.54, 1.807) is 31.2 Å². The maximum absolute atomic E-state index is 10.7. The Bertz CT molecular complexity index is 594. The van der Waals surface area contributed by atoms with Gasteiger partial charge in [-0.1, -0.05) is 0 Å². The second-order valence-electron chi connectivity index (χ2n) is 4.02. The monoisotopic (exact) mass is 256 g/mol. The van der Waals surface area contributed by atoms with Crippen LogP contribution in [0.5, 0.6) is 5.75 Å². The first-order valence-electron chi connectivity index (χ1n) is 5.66. The molecule has 0 aliphatic carbocycles. The number of carboxylic acid groups (broad SMARTS) is 1. The summed E-state index contributed by atoms with van der Waals surface area (Å²) in [5.41, 5.74) is 1.53. The molecule has 0 amide bonds. The summed E-state index contributed by atoms with van der Waals surface area (Å²) in [5, 5.41) is 20.6. The Balaban J connectivity index is 2.04. The number of ether oxygens (including phenoxy) is 1. The van der Waals surface area contributed by atoms with Crippen LogP contribution in [-0.4, -0.2) is 17.3 Å². The van der Waals surface area contributed by atoms with Gasteiger partial charge in [-0.05, 0) is 43.3 Å². The second kappa shape index (κ2) is 5.27. The smallest absolute Gasteiger partial charge is 0.335 e. The quantitative estimate of drug-likeness (QED) is 0.864. The fourth-order valence-corrected chi connectivity index (χ4v) is 1.66. The van der Waals surface area contributed by atoms with E-state index in [0.29, 0.717) is 11.3 Å². The van der Waals surface area contributed by atoms with E-state index in [1.165, 1.54) is 12.1 Å². The Morgan fingerprint density at radius 3 is 2.63 bits per heavy atom. The first kappa shape index (κ1) is 12.7. The van der Waals surface area contributed by atoms with Crippen LogP contribution in [0.25, 0.3) is 0 Å². The molecule has 0 saturated carbocycles. The van der Waals surface area contributed by atoms with Gasteiger partial charge in [0.2, 0.25) is 0 Å². The molecule has 5 nitrogen and oxygen atoms in total. The molecular formula is C14H12N2O3. The van der Waals surface area contributed by atoms with E-state index in [2.05, 4.69) is 11.4 Å². The number of rotatable bonds is 3. The summed E-state index contributed by atoms with van der Waals surface area (Å²) in [5.74, 6) is -0.417. The van der Waals surface area contributed by atoms with Crippen LogP contribution in [0.2, 0.25) is 0 Å². The van der Waals surface area contributed by atoms with Gasteiger partial charge in [-0.2, -0.15) is 5.26 Å². The number of nitriles is 1. The van der Waals surface area contributed by atoms with Gasteiger partial charge < -0.3 is 15.2 Å². The van der Waals surface area contributed by atoms with Crippen LogP contribution in [-0.2, 0) is 0 Å². The number of hydrogen-bond donors (Lipinski definition) is 2. The van der Waals surface area contributed by atoms with Crippen molar-refractivity contribution in [3.05, 3.63) is 53.3 Å². The van der Waals surface area contributed by atoms with Gasteiger partial charge in [-0.3, -0.25) is 0 Å². The third kappa shape index (κ3) is 2.93. The lowest BCUT2D eigenvalue weighted by Crippen LogP contribution is -2.33. The number of nitrogens with one attached hydrogen (secondary N) is 1. The average molecular weight is 256 g/mol. The first-order valence-corrected chi connectivity index (χ1v) is 5.66. The Morgan fingerprint density at radius 1 is 1.42 bits per heavy atom. The average Bonchev–Trinajstić information content (AvgIpc) is 2.39. The molecule has 19 heavy (non-hydrogen) atoms. The summed E-state index contributed by atoms with van der Waals surface area (Å²) < 4.78 is 5.62. The van der Waals surface area contributed by atoms with Crippen LogP contribution in [0, 0.1) is 11.3 Å². The zero-order valence-electron chi connectivity index (χ0n) is 10.3. The first-order chi connectivity index (χ1) is 9.10. The molecule has 2 rings (SSSR count). The van der Waals surface area contributed by atoms with Crippen molar-refractivity contribution in [1.82, 2.24) is 5.32 Å². The van der Waals surface area contributed by atoms with Crippen molar-refractivity contribution in [1.29, 1.82) is 5.26 Å². The molecule has 0 aromatic heterocycles. The number of aromatic carboxylic acids is 1. The summed E-state index contributed by atoms with van der Waals surface area (Å²) in [6.45, 7) is 1.80. The highest BCUT2D eigenvalue weighted by Gasteiger charge is 2.13. The highest BCUT2D eigenvalue weighted by Crippen LogP contribution is 2.17. The third-order valence-corrected chi connectivity index (χ3v) is 2.69. The van der Waals surface area contributed by atoms with E-state index >= 15 is 0 Å². The van der Waals surface area contributed by atoms with Crippen molar-refractivity contribution in [3.8, 4) is 11.8 Å². The highest BCUT2D eigenvalue weighted by molar-refractivity contribution is 5.87. The fraction of sp³-hybridized carbons (Fsp3) is 0.143. The molecule has 1 aliphatic heterocycles. The van der Waals surface area contributed by atoms with E-state index < -0.39 is 5.97 Å². The van der Waals surface area contributed by atoms with E-state index in [0.717, 1.165) is 5.70 Å². The number of carboxylic acids is 1. The van der Waals surface area contributed by atoms with Crippen LogP contribution in [0.3, 0.4) is 0 Å². The summed E-state index contributed by atoms with van der Waals surface area (Å²) in [6, 6.07) is 8.22. The molecule has 0 radical (unpaired) electrons. The minimum Gasteiger partial charge on any atom is -0.478 e. The lowest BCUT2D eigenvalue weighted by molar-refractivity contribution is 0.0697. The third-order valence-electron chi connectivity index (χ3n) is 2.69. The minimum atomic E-state index is -0.973. The largest absolute Gasteiger partial charge is 0.478 e. The van der Waals surface area contributed by atoms with Gasteiger partial charge in [0.1, 0.15) is 11.8 Å². The van der Waals surface area contributed by atoms with Gasteiger partial charge in [0, 0.05) is 5.70 Å². The molecule has 2 N–H and O–H groups in total. The van der Waals surface area contributed by atoms with E-state index in [9.17, 15) is 4.79 Å². The maximum Gasteiger partial charge on any atom is 0.335 e. The molecule has 1 aromatic carbocycles. The Labute approximate surface area is 110 Å². The summed E-state index contributed by atoms with van der Waals surface area (Å²) in [6.07, 6.45) is 3.06. The van der Waals surface area contributed by atoms with Crippen molar-refractivity contribution in [2.75, 3.05) is 0 Å². The number of allylic oxidation sites excluding steroid dienone is 3. The summed E-state index contributed by atoms with van der Waals surface area (Å²) in [7, 11) is 0. The lowest BCUT2D eigenvalue weighted by atomic mass is 10.1. The van der Waals surface area contributed by atoms with Gasteiger partial charge in [0.05, 0.1) is 11.1 Å². The van der Waals surface area contributed by atoms with Gasteiger partial charge in [-0.15, -0.1) is 0 Å². The van der Waals surface area contributed by atoms with Crippen LogP contribution < -0.4 is 10.1 Å². The molecule has 1 aromatic rings. The fourth-order valence-electron chi connectivity index (χ4n) is 1.66. The van der Waals surface area contributed by atoms with Crippen molar-refractivity contribution >= 4 is 5.97 Å². The number of nitrogens with zero attached hydrogens (tertiary/aromatic N) is 1. The van der Waals surface area contributed by atoms with Gasteiger partial charge in [0.15, 0.2) is 6.23 Å². The maximum atomic E-state index is 10.7. The molecular weight excluding hydrogens is 244 g/mol. The number of dihydropyridines is 1. The topological polar surface area (TPSA) is 82.3 Å². The summed E-state index contributed by atoms with van der Waals surface area (Å²) >= 11 is 0. The van der Waals surface area contributed by atoms with Crippen molar-refractivity contribution < 1.29 is 14.6 Å². The van der Waals surface area contributed by atoms with Gasteiger partial charge >= 0.3 is 5.97 Å². The normalized spacial score (nSPS) is 17.6. The van der Waals surface area contributed by atoms with Gasteiger partial charge in [0.25, 0.3) is 0 Å². The minimum absolute atomic E-state index is 0.210. The van der Waals surface area contributed by atoms with Crippen molar-refractivity contribution in [3.63, 3.8) is 0 Å². The summed E-state index contributed by atoms with van der Waals surface area (Å²) in [4.78, 5) is 10.7. The molecule has 0 bridgehead atoms. The second-order valence-corrected chi connectivity index (χ2v) is 4.02. The standard InChI is InChI=1S/C14H12N2O3/c1-9-11(8-15)4-7-13(16-9)19-12-5-2-10(3-6-12)14(17)18/h2-7,13,16H,1H3,(H,17,18). The molecule has 1 atom stereocenters. The number of carbonyl (C=O) groups is 1. The van der Waals surface area contributed by atoms with E-state index in [1.807, 2.05) is 0 Å². The SMILES string of the molecule is CC1=C(C#N)C=CC(Oc2ccc(C(=O)O)cc2)N1. The van der Waals surface area contributed by atoms with Gasteiger partial charge in [-0.25, -0.2) is 4.79 Å². The predicted molar refractivity (Wildman–Crippen MR) is 68.4 cm³/mol. The molecule has 1 aliphatic rings. The lowest BCUT2D eigenvalue weighted by Gasteiger charge is -2.22. The van der Waals surface area contributed by atoms with Crippen LogP contribution in [0.4, 0.5) is 0 Å². The molecule has 0 fully saturated rings. The molecule has 0 spiro atoms. The Kier molecular flexibility index (Phi) is 3.53. The van der Waals surface area contributed by atoms with Crippen LogP contribution in [0.1, 0.15) is 17.3 Å². The van der Waals surface area contributed by atoms with Crippen LogP contribution in [0.15, 0.2) is 47.7 Å². The highest BCUT2D eigenvalue weighted by atomic mass is 16.5. The van der Waals surface area contributed by atoms with Crippen molar-refractivity contribution in [2.24, 2.45) is 0 Å². The van der Waals surface area contributed by atoms with Crippen LogP contribution >= 0.6 is 0 Å². The van der Waals surface area contributed by atoms with E-state index in [4.69, 9.17) is 15.1 Å². The zero-order chi connectivity index (χ0) is 13.8. The molecule has 5 heteroatoms. The zero-order valence-corrected chi connectivity index (χ0v) is 10.3. The number of benzene rings is 1. The number of hydrogen-bond acceptors (Lipinski definition) is 4. The molecule has 96 valence electrons. The van der Waals surface area contributed by atoms with Crippen molar-refractivity contribution in [2.45, 2.75) is 13.2 Å². The Morgan fingerprint density at radius 2 is 2.11 bits per heavy atom. The van der Waals surface area contributed by atoms with E-state index in [-0.39, 0.29) is 11.8 Å². The molecule has 1 unspecified atom stereocenters. The molecule has 0 saturated heterocycles. The Hall–Kier alpha value is -2.74. The molecule has 1 heterocycles. The predicted octanol–water partition coefficient (Wildman–Crippen LogP) is 2.05.